The van der Waals surface area contributed by atoms with E-state index in [4.69, 9.17) is 9.47 Å². The second-order valence-electron chi connectivity index (χ2n) is 6.86. The molecule has 2 aromatic heterocycles. The molecule has 0 fully saturated rings. The Hall–Kier alpha value is -1.18. The number of ether oxygens (including phenoxy) is 2. The summed E-state index contributed by atoms with van der Waals surface area (Å²) in [6.07, 6.45) is 0. The summed E-state index contributed by atoms with van der Waals surface area (Å²) in [5.74, 6) is -0.304. The molecule has 2 rings (SSSR count). The van der Waals surface area contributed by atoms with Gasteiger partial charge in [0.05, 0.1) is 11.6 Å². The molecule has 2 heterocycles. The fraction of sp³-hybridized carbons (Fsp3) is 0.625. The Balaban J connectivity index is 2.27. The van der Waals surface area contributed by atoms with Crippen molar-refractivity contribution >= 4 is 35.7 Å². The first-order chi connectivity index (χ1) is 10.7. The summed E-state index contributed by atoms with van der Waals surface area (Å²) in [4.78, 5) is 17.8. The van der Waals surface area contributed by atoms with E-state index in [9.17, 15) is 4.79 Å². The van der Waals surface area contributed by atoms with Gasteiger partial charge in [-0.05, 0) is 26.8 Å². The SMILES string of the molecule is CCOC(=O)c1c(C)c2nc(C)sc2n1COCC[Si](C)(C)C. The van der Waals surface area contributed by atoms with Crippen LogP contribution in [0.4, 0.5) is 0 Å². The molecule has 0 radical (unpaired) electrons. The maximum Gasteiger partial charge on any atom is 0.355 e. The molecular weight excluding hydrogens is 328 g/mol. The van der Waals surface area contributed by atoms with Gasteiger partial charge in [0.25, 0.3) is 0 Å². The van der Waals surface area contributed by atoms with Crippen LogP contribution in [-0.2, 0) is 16.2 Å². The van der Waals surface area contributed by atoms with Gasteiger partial charge in [0.15, 0.2) is 0 Å². The number of aromatic nitrogens is 2. The Labute approximate surface area is 142 Å². The third-order valence-electron chi connectivity index (χ3n) is 3.63. The fourth-order valence-electron chi connectivity index (χ4n) is 2.38. The van der Waals surface area contributed by atoms with Crippen LogP contribution in [0.25, 0.3) is 10.3 Å². The highest BCUT2D eigenvalue weighted by atomic mass is 32.1. The summed E-state index contributed by atoms with van der Waals surface area (Å²) >= 11 is 1.59. The van der Waals surface area contributed by atoms with Crippen molar-refractivity contribution < 1.29 is 14.3 Å². The molecule has 0 aliphatic carbocycles. The van der Waals surface area contributed by atoms with E-state index in [1.807, 2.05) is 25.3 Å². The topological polar surface area (TPSA) is 53.3 Å². The zero-order valence-electron chi connectivity index (χ0n) is 14.9. The van der Waals surface area contributed by atoms with E-state index in [2.05, 4.69) is 24.6 Å². The van der Waals surface area contributed by atoms with E-state index in [0.717, 1.165) is 27.0 Å². The summed E-state index contributed by atoms with van der Waals surface area (Å²) in [7, 11) is -1.12. The molecule has 23 heavy (non-hydrogen) atoms. The van der Waals surface area contributed by atoms with Crippen molar-refractivity contribution in [2.75, 3.05) is 13.2 Å². The monoisotopic (exact) mass is 354 g/mol. The van der Waals surface area contributed by atoms with Crippen molar-refractivity contribution in [1.29, 1.82) is 0 Å². The minimum atomic E-state index is -1.12. The highest BCUT2D eigenvalue weighted by Gasteiger charge is 2.24. The van der Waals surface area contributed by atoms with Crippen LogP contribution in [0.15, 0.2) is 0 Å². The first-order valence-corrected chi connectivity index (χ1v) is 12.5. The van der Waals surface area contributed by atoms with E-state index < -0.39 is 8.07 Å². The third kappa shape index (κ3) is 4.22. The highest BCUT2D eigenvalue weighted by molar-refractivity contribution is 7.18. The number of fused-ring (bicyclic) bond motifs is 1. The number of aryl methyl sites for hydroxylation is 2. The number of rotatable bonds is 7. The van der Waals surface area contributed by atoms with Gasteiger partial charge in [0.2, 0.25) is 0 Å². The van der Waals surface area contributed by atoms with E-state index in [-0.39, 0.29) is 5.97 Å². The first kappa shape index (κ1) is 18.2. The molecule has 7 heteroatoms. The van der Waals surface area contributed by atoms with Crippen molar-refractivity contribution in [3.05, 3.63) is 16.3 Å². The Morgan fingerprint density at radius 1 is 1.30 bits per heavy atom. The molecule has 0 amide bonds. The van der Waals surface area contributed by atoms with Gasteiger partial charge in [-0.1, -0.05) is 19.6 Å². The van der Waals surface area contributed by atoms with Crippen molar-refractivity contribution in [3.63, 3.8) is 0 Å². The number of carbonyl (C=O) groups is 1. The van der Waals surface area contributed by atoms with Crippen LogP contribution in [-0.4, -0.2) is 36.8 Å². The van der Waals surface area contributed by atoms with E-state index in [1.54, 1.807) is 11.3 Å². The Morgan fingerprint density at radius 3 is 2.61 bits per heavy atom. The number of esters is 1. The van der Waals surface area contributed by atoms with Gasteiger partial charge in [-0.3, -0.25) is 0 Å². The van der Waals surface area contributed by atoms with Gasteiger partial charge in [-0.25, -0.2) is 9.78 Å². The summed E-state index contributed by atoms with van der Waals surface area (Å²) in [6.45, 7) is 14.1. The van der Waals surface area contributed by atoms with Gasteiger partial charge in [-0.2, -0.15) is 0 Å². The molecule has 0 saturated carbocycles. The minimum absolute atomic E-state index is 0.304. The van der Waals surface area contributed by atoms with Crippen LogP contribution in [0.3, 0.4) is 0 Å². The Kier molecular flexibility index (Phi) is 5.64. The van der Waals surface area contributed by atoms with Gasteiger partial charge in [-0.15, -0.1) is 11.3 Å². The molecule has 0 aliphatic rings. The average molecular weight is 355 g/mol. The predicted molar refractivity (Wildman–Crippen MR) is 97.1 cm³/mol. The largest absolute Gasteiger partial charge is 0.461 e. The van der Waals surface area contributed by atoms with Gasteiger partial charge >= 0.3 is 5.97 Å². The van der Waals surface area contributed by atoms with E-state index in [1.165, 1.54) is 0 Å². The number of hydrogen-bond donors (Lipinski definition) is 0. The van der Waals surface area contributed by atoms with Crippen LogP contribution in [0.2, 0.25) is 25.7 Å². The van der Waals surface area contributed by atoms with Crippen LogP contribution >= 0.6 is 11.3 Å². The van der Waals surface area contributed by atoms with Crippen LogP contribution in [0.5, 0.6) is 0 Å². The molecule has 2 aromatic rings. The molecule has 0 aliphatic heterocycles. The number of thiazole rings is 1. The second-order valence-corrected chi connectivity index (χ2v) is 13.7. The van der Waals surface area contributed by atoms with Crippen LogP contribution < -0.4 is 0 Å². The van der Waals surface area contributed by atoms with Crippen LogP contribution in [0.1, 0.15) is 28.0 Å². The maximum atomic E-state index is 12.3. The standard InChI is InChI=1S/C16H26N2O3SSi/c1-7-21-16(19)14-11(2)13-15(22-12(3)17-13)18(14)10-20-8-9-23(4,5)6/h7-10H2,1-6H3. The van der Waals surface area contributed by atoms with Crippen molar-refractivity contribution in [1.82, 2.24) is 9.55 Å². The normalized spacial score (nSPS) is 12.1. The van der Waals surface area contributed by atoms with Crippen molar-refractivity contribution in [2.24, 2.45) is 0 Å². The van der Waals surface area contributed by atoms with E-state index >= 15 is 0 Å². The second kappa shape index (κ2) is 7.15. The Morgan fingerprint density at radius 2 is 2.00 bits per heavy atom. The molecule has 0 saturated heterocycles. The molecule has 0 bridgehead atoms. The lowest BCUT2D eigenvalue weighted by molar-refractivity contribution is 0.0477. The first-order valence-electron chi connectivity index (χ1n) is 7.95. The van der Waals surface area contributed by atoms with E-state index in [0.29, 0.717) is 25.6 Å². The molecule has 0 aromatic carbocycles. The average Bonchev–Trinajstić information content (AvgIpc) is 2.92. The smallest absolute Gasteiger partial charge is 0.355 e. The van der Waals surface area contributed by atoms with Crippen molar-refractivity contribution in [3.8, 4) is 0 Å². The zero-order chi connectivity index (χ0) is 17.2. The zero-order valence-corrected chi connectivity index (χ0v) is 16.7. The van der Waals surface area contributed by atoms with Crippen LogP contribution in [0, 0.1) is 13.8 Å². The molecule has 0 spiro atoms. The maximum absolute atomic E-state index is 12.3. The Bertz CT molecular complexity index is 700. The van der Waals surface area contributed by atoms with Gasteiger partial charge < -0.3 is 14.0 Å². The third-order valence-corrected chi connectivity index (χ3v) is 6.33. The molecule has 5 nitrogen and oxygen atoms in total. The summed E-state index contributed by atoms with van der Waals surface area (Å²) in [6, 6.07) is 1.10. The molecule has 0 N–H and O–H groups in total. The summed E-state index contributed by atoms with van der Waals surface area (Å²) in [5, 5.41) is 0.990. The minimum Gasteiger partial charge on any atom is -0.461 e. The lowest BCUT2D eigenvalue weighted by atomic mass is 10.2. The molecule has 0 atom stereocenters. The highest BCUT2D eigenvalue weighted by Crippen LogP contribution is 2.30. The lowest BCUT2D eigenvalue weighted by Gasteiger charge is -2.16. The molecular formula is C16H26N2O3SSi. The quantitative estimate of drug-likeness (QED) is 0.425. The number of carbonyl (C=O) groups excluding carboxylic acids is 1. The summed E-state index contributed by atoms with van der Waals surface area (Å²) in [5.41, 5.74) is 2.31. The number of hydrogen-bond acceptors (Lipinski definition) is 5. The predicted octanol–water partition coefficient (Wildman–Crippen LogP) is 4.20. The summed E-state index contributed by atoms with van der Waals surface area (Å²) < 4.78 is 13.0. The number of nitrogens with zero attached hydrogens (tertiary/aromatic N) is 2. The van der Waals surface area contributed by atoms with Gasteiger partial charge in [0.1, 0.15) is 22.8 Å². The molecule has 128 valence electrons. The van der Waals surface area contributed by atoms with Crippen molar-refractivity contribution in [2.45, 2.75) is 53.2 Å². The molecule has 0 unspecified atom stereocenters. The fourth-order valence-corrected chi connectivity index (χ4v) is 4.10. The van der Waals surface area contributed by atoms with Gasteiger partial charge in [0, 0.05) is 20.2 Å². The lowest BCUT2D eigenvalue weighted by Crippen LogP contribution is -2.22.